The van der Waals surface area contributed by atoms with Crippen LogP contribution in [0.2, 0.25) is 0 Å². The van der Waals surface area contributed by atoms with Crippen LogP contribution in [0.1, 0.15) is 62.6 Å². The summed E-state index contributed by atoms with van der Waals surface area (Å²) in [7, 11) is 0. The van der Waals surface area contributed by atoms with E-state index in [-0.39, 0.29) is 54.8 Å². The van der Waals surface area contributed by atoms with E-state index in [0.717, 1.165) is 0 Å². The minimum Gasteiger partial charge on any atom is -0.424 e. The minimum atomic E-state index is -4.67. The fourth-order valence-corrected chi connectivity index (χ4v) is 5.51. The Morgan fingerprint density at radius 3 is 2.29 bits per heavy atom. The molecule has 1 heterocycles. The number of hydrogen-bond acceptors (Lipinski definition) is 7. The number of carbonyl (C=O) groups excluding carboxylic acids is 1. The molecule has 0 aliphatic heterocycles. The summed E-state index contributed by atoms with van der Waals surface area (Å²) < 4.78 is 91.6. The van der Waals surface area contributed by atoms with Crippen molar-refractivity contribution >= 4 is 5.91 Å². The molecule has 0 spiro atoms. The maximum Gasteiger partial charge on any atom is 0.522 e. The number of ether oxygens (including phenoxy) is 3. The number of alkyl halides is 6. The quantitative estimate of drug-likeness (QED) is 0.520. The van der Waals surface area contributed by atoms with Crippen molar-refractivity contribution in [2.24, 2.45) is 5.92 Å². The summed E-state index contributed by atoms with van der Waals surface area (Å²) >= 11 is 0. The standard InChI is InChI=1S/C20H23F6N3O5/c21-19(22,23)32-5-10-1-11(2-10)15-28-29-16(33-15)17-7-18(8-17,9-17)27-14(30)6-31-12-3-13(4-12)34-20(24,25)26/h10-13H,1-9H2,(H,27,30)/t10?,11?,12-,13+,17?,18?. The van der Waals surface area contributed by atoms with Crippen LogP contribution in [0.25, 0.3) is 0 Å². The van der Waals surface area contributed by atoms with Crippen LogP contribution in [-0.4, -0.2) is 59.8 Å². The zero-order valence-electron chi connectivity index (χ0n) is 17.9. The number of aromatic nitrogens is 2. The third-order valence-corrected chi connectivity index (χ3v) is 7.20. The van der Waals surface area contributed by atoms with Gasteiger partial charge in [0.25, 0.3) is 0 Å². The number of amides is 1. The van der Waals surface area contributed by atoms with Gasteiger partial charge in [-0.2, -0.15) is 0 Å². The van der Waals surface area contributed by atoms with Gasteiger partial charge in [0.2, 0.25) is 17.7 Å². The number of nitrogens with zero attached hydrogens (tertiary/aromatic N) is 2. The second kappa shape index (κ2) is 8.05. The van der Waals surface area contributed by atoms with Gasteiger partial charge < -0.3 is 14.5 Å². The van der Waals surface area contributed by atoms with E-state index in [1.165, 1.54) is 0 Å². The van der Waals surface area contributed by atoms with E-state index in [0.29, 0.717) is 43.9 Å². The second-order valence-electron chi connectivity index (χ2n) is 9.97. The van der Waals surface area contributed by atoms with Crippen molar-refractivity contribution in [1.82, 2.24) is 15.5 Å². The summed E-state index contributed by atoms with van der Waals surface area (Å²) in [5, 5.41) is 11.1. The molecule has 0 unspecified atom stereocenters. The van der Waals surface area contributed by atoms with Crippen LogP contribution in [-0.2, 0) is 24.4 Å². The minimum absolute atomic E-state index is 0.0751. The van der Waals surface area contributed by atoms with Gasteiger partial charge in [-0.25, -0.2) is 0 Å². The largest absolute Gasteiger partial charge is 0.522 e. The highest BCUT2D eigenvalue weighted by molar-refractivity contribution is 5.79. The summed E-state index contributed by atoms with van der Waals surface area (Å²) in [5.41, 5.74) is -0.662. The lowest BCUT2D eigenvalue weighted by Crippen LogP contribution is -2.77. The predicted molar refractivity (Wildman–Crippen MR) is 98.1 cm³/mol. The summed E-state index contributed by atoms with van der Waals surface area (Å²) in [5.74, 6) is 0.300. The zero-order valence-corrected chi connectivity index (χ0v) is 17.9. The number of rotatable bonds is 9. The van der Waals surface area contributed by atoms with Gasteiger partial charge in [-0.05, 0) is 38.0 Å². The predicted octanol–water partition coefficient (Wildman–Crippen LogP) is 3.47. The first-order chi connectivity index (χ1) is 15.8. The Morgan fingerprint density at radius 2 is 1.68 bits per heavy atom. The van der Waals surface area contributed by atoms with Crippen molar-refractivity contribution in [3.05, 3.63) is 11.8 Å². The molecule has 14 heteroatoms. The molecule has 34 heavy (non-hydrogen) atoms. The van der Waals surface area contributed by atoms with E-state index < -0.39 is 24.9 Å². The second-order valence-corrected chi connectivity index (χ2v) is 9.97. The van der Waals surface area contributed by atoms with Crippen molar-refractivity contribution in [2.75, 3.05) is 13.2 Å². The van der Waals surface area contributed by atoms with Crippen LogP contribution >= 0.6 is 0 Å². The highest BCUT2D eigenvalue weighted by atomic mass is 19.4. The van der Waals surface area contributed by atoms with Crippen molar-refractivity contribution in [3.8, 4) is 0 Å². The molecule has 0 radical (unpaired) electrons. The Bertz CT molecular complexity index is 903. The molecule has 5 saturated carbocycles. The summed E-state index contributed by atoms with van der Waals surface area (Å²) in [4.78, 5) is 12.2. The molecule has 0 aromatic carbocycles. The van der Waals surface area contributed by atoms with Crippen LogP contribution in [0, 0.1) is 5.92 Å². The van der Waals surface area contributed by atoms with Gasteiger partial charge in [-0.3, -0.25) is 14.3 Å². The molecular formula is C20H23F6N3O5. The SMILES string of the molecule is O=C(CO[C@H]1C[C@@H](OC(F)(F)F)C1)NC12CC(c3nnc(C4CC(COC(F)(F)F)C4)o3)(C1)C2. The molecule has 6 rings (SSSR count). The normalized spacial score (nSPS) is 36.6. The number of hydrogen-bond donors (Lipinski definition) is 1. The average Bonchev–Trinajstić information content (AvgIpc) is 3.04. The molecule has 5 aliphatic carbocycles. The Morgan fingerprint density at radius 1 is 1.00 bits per heavy atom. The van der Waals surface area contributed by atoms with Gasteiger partial charge in [-0.1, -0.05) is 0 Å². The van der Waals surface area contributed by atoms with Gasteiger partial charge in [0, 0.05) is 24.3 Å². The monoisotopic (exact) mass is 499 g/mol. The maximum absolute atomic E-state index is 12.2. The molecule has 1 aromatic heterocycles. The maximum atomic E-state index is 12.2. The van der Waals surface area contributed by atoms with Crippen molar-refractivity contribution in [2.45, 2.75) is 86.8 Å². The first-order valence-electron chi connectivity index (χ1n) is 11.0. The topological polar surface area (TPSA) is 95.7 Å². The lowest BCUT2D eigenvalue weighted by molar-refractivity contribution is -0.357. The zero-order chi connectivity index (χ0) is 24.4. The average molecular weight is 499 g/mol. The smallest absolute Gasteiger partial charge is 0.424 e. The number of carbonyl (C=O) groups is 1. The van der Waals surface area contributed by atoms with Gasteiger partial charge >= 0.3 is 12.7 Å². The first kappa shape index (κ1) is 23.8. The van der Waals surface area contributed by atoms with E-state index in [2.05, 4.69) is 25.0 Å². The van der Waals surface area contributed by atoms with Crippen LogP contribution < -0.4 is 5.32 Å². The lowest BCUT2D eigenvalue weighted by Gasteiger charge is -2.68. The van der Waals surface area contributed by atoms with Gasteiger partial charge in [0.1, 0.15) is 6.61 Å². The van der Waals surface area contributed by atoms with Crippen molar-refractivity contribution in [1.29, 1.82) is 0 Å². The molecular weight excluding hydrogens is 476 g/mol. The van der Waals surface area contributed by atoms with Gasteiger partial charge in [0.05, 0.1) is 24.2 Å². The molecule has 2 bridgehead atoms. The van der Waals surface area contributed by atoms with Gasteiger partial charge in [-0.15, -0.1) is 36.5 Å². The van der Waals surface area contributed by atoms with Crippen molar-refractivity contribution < 1.29 is 49.8 Å². The van der Waals surface area contributed by atoms with Crippen LogP contribution in [0.5, 0.6) is 0 Å². The fourth-order valence-electron chi connectivity index (χ4n) is 5.51. The molecule has 1 N–H and O–H groups in total. The Balaban J connectivity index is 0.999. The highest BCUT2D eigenvalue weighted by Gasteiger charge is 2.72. The Labute approximate surface area is 189 Å². The summed E-state index contributed by atoms with van der Waals surface area (Å²) in [6, 6.07) is 0. The van der Waals surface area contributed by atoms with E-state index >= 15 is 0 Å². The Kier molecular flexibility index (Phi) is 5.63. The third kappa shape index (κ3) is 4.89. The Hall–Kier alpha value is -1.93. The summed E-state index contributed by atoms with van der Waals surface area (Å²) in [6.07, 6.45) is -7.59. The molecule has 8 nitrogen and oxygen atoms in total. The van der Waals surface area contributed by atoms with Crippen LogP contribution in [0.3, 0.4) is 0 Å². The van der Waals surface area contributed by atoms with Crippen LogP contribution in [0.15, 0.2) is 4.42 Å². The van der Waals surface area contributed by atoms with Gasteiger partial charge in [0.15, 0.2) is 0 Å². The lowest BCUT2D eigenvalue weighted by atomic mass is 9.39. The molecule has 0 atom stereocenters. The summed E-state index contributed by atoms with van der Waals surface area (Å²) in [6.45, 7) is -0.608. The third-order valence-electron chi connectivity index (χ3n) is 7.20. The molecule has 1 amide bonds. The van der Waals surface area contributed by atoms with Crippen molar-refractivity contribution in [3.63, 3.8) is 0 Å². The molecule has 1 aromatic rings. The number of nitrogens with one attached hydrogen (secondary N) is 1. The molecule has 5 aliphatic rings. The number of halogens is 6. The van der Waals surface area contributed by atoms with E-state index in [1.807, 2.05) is 0 Å². The fraction of sp³-hybridized carbons (Fsp3) is 0.850. The highest BCUT2D eigenvalue weighted by Crippen LogP contribution is 2.67. The van der Waals surface area contributed by atoms with E-state index in [1.54, 1.807) is 0 Å². The van der Waals surface area contributed by atoms with E-state index in [9.17, 15) is 31.1 Å². The van der Waals surface area contributed by atoms with Crippen LogP contribution in [0.4, 0.5) is 26.3 Å². The first-order valence-corrected chi connectivity index (χ1v) is 11.0. The molecule has 5 fully saturated rings. The molecule has 0 saturated heterocycles. The molecule has 190 valence electrons. The van der Waals surface area contributed by atoms with E-state index in [4.69, 9.17) is 9.15 Å².